The Morgan fingerprint density at radius 2 is 2.11 bits per heavy atom. The number of anilines is 2. The molecule has 1 saturated heterocycles. The number of nitriles is 1. The van der Waals surface area contributed by atoms with E-state index in [0.29, 0.717) is 10.7 Å². The fraction of sp³-hybridized carbons (Fsp3) is 0.278. The first kappa shape index (κ1) is 17.6. The quantitative estimate of drug-likeness (QED) is 0.726. The van der Waals surface area contributed by atoms with E-state index in [9.17, 15) is 4.79 Å². The Hall–Kier alpha value is -2.83. The van der Waals surface area contributed by atoms with Gasteiger partial charge in [-0.25, -0.2) is 4.98 Å². The minimum Gasteiger partial charge on any atom is -0.357 e. The zero-order valence-electron chi connectivity index (χ0n) is 14.3. The summed E-state index contributed by atoms with van der Waals surface area (Å²) < 4.78 is 0. The van der Waals surface area contributed by atoms with Crippen LogP contribution < -0.4 is 10.2 Å². The topological polar surface area (TPSA) is 94.8 Å². The summed E-state index contributed by atoms with van der Waals surface area (Å²) in [6.07, 6.45) is 3.09. The SMILES string of the molecule is N#Cc1ccc(N2CCC(C(=O)Nc3nnc(-c4ccsc4)s3)CC2)nc1. The van der Waals surface area contributed by atoms with Crippen LogP contribution in [0, 0.1) is 17.2 Å². The molecule has 4 rings (SSSR count). The predicted octanol–water partition coefficient (Wildman–Crippen LogP) is 3.39. The number of rotatable bonds is 4. The van der Waals surface area contributed by atoms with Gasteiger partial charge in [0.2, 0.25) is 11.0 Å². The van der Waals surface area contributed by atoms with Crippen molar-refractivity contribution in [2.24, 2.45) is 5.92 Å². The van der Waals surface area contributed by atoms with Crippen LogP contribution >= 0.6 is 22.7 Å². The largest absolute Gasteiger partial charge is 0.357 e. The lowest BCUT2D eigenvalue weighted by Crippen LogP contribution is -2.38. The van der Waals surface area contributed by atoms with Gasteiger partial charge >= 0.3 is 0 Å². The van der Waals surface area contributed by atoms with E-state index < -0.39 is 0 Å². The molecule has 3 aromatic heterocycles. The summed E-state index contributed by atoms with van der Waals surface area (Å²) in [5.41, 5.74) is 1.58. The lowest BCUT2D eigenvalue weighted by Gasteiger charge is -2.31. The minimum absolute atomic E-state index is 0.00421. The van der Waals surface area contributed by atoms with Crippen molar-refractivity contribution >= 4 is 39.5 Å². The Morgan fingerprint density at radius 3 is 2.78 bits per heavy atom. The maximum atomic E-state index is 12.5. The van der Waals surface area contributed by atoms with E-state index in [1.807, 2.05) is 22.9 Å². The summed E-state index contributed by atoms with van der Waals surface area (Å²) in [5, 5.41) is 25.3. The lowest BCUT2D eigenvalue weighted by molar-refractivity contribution is -0.120. The Kier molecular flexibility index (Phi) is 5.09. The van der Waals surface area contributed by atoms with Crippen LogP contribution in [0.3, 0.4) is 0 Å². The van der Waals surface area contributed by atoms with Crippen LogP contribution in [0.2, 0.25) is 0 Å². The lowest BCUT2D eigenvalue weighted by atomic mass is 9.96. The van der Waals surface area contributed by atoms with Crippen molar-refractivity contribution in [2.45, 2.75) is 12.8 Å². The van der Waals surface area contributed by atoms with Crippen molar-refractivity contribution in [1.82, 2.24) is 15.2 Å². The van der Waals surface area contributed by atoms with Crippen molar-refractivity contribution in [3.8, 4) is 16.6 Å². The second-order valence-corrected chi connectivity index (χ2v) is 7.95. The molecule has 9 heteroatoms. The van der Waals surface area contributed by atoms with E-state index in [-0.39, 0.29) is 11.8 Å². The number of thiophene rings is 1. The van der Waals surface area contributed by atoms with Gasteiger partial charge < -0.3 is 10.2 Å². The first-order chi connectivity index (χ1) is 13.2. The van der Waals surface area contributed by atoms with Crippen molar-refractivity contribution in [3.63, 3.8) is 0 Å². The van der Waals surface area contributed by atoms with Gasteiger partial charge in [-0.05, 0) is 36.4 Å². The Labute approximate surface area is 164 Å². The number of aromatic nitrogens is 3. The predicted molar refractivity (Wildman–Crippen MR) is 106 cm³/mol. The number of nitrogens with zero attached hydrogens (tertiary/aromatic N) is 5. The summed E-state index contributed by atoms with van der Waals surface area (Å²) >= 11 is 3.00. The number of carbonyl (C=O) groups excluding carboxylic acids is 1. The number of piperidine rings is 1. The molecule has 27 heavy (non-hydrogen) atoms. The number of carbonyl (C=O) groups is 1. The molecule has 0 aliphatic carbocycles. The van der Waals surface area contributed by atoms with Gasteiger partial charge in [0.05, 0.1) is 5.56 Å². The van der Waals surface area contributed by atoms with Gasteiger partial charge in [0.15, 0.2) is 0 Å². The minimum atomic E-state index is -0.0480. The molecular weight excluding hydrogens is 380 g/mol. The van der Waals surface area contributed by atoms with Crippen LogP contribution in [0.4, 0.5) is 10.9 Å². The van der Waals surface area contributed by atoms with Crippen molar-refractivity contribution < 1.29 is 4.79 Å². The van der Waals surface area contributed by atoms with E-state index in [2.05, 4.69) is 31.5 Å². The Morgan fingerprint density at radius 1 is 1.26 bits per heavy atom. The molecule has 0 atom stereocenters. The summed E-state index contributed by atoms with van der Waals surface area (Å²) in [7, 11) is 0. The van der Waals surface area contributed by atoms with E-state index >= 15 is 0 Å². The molecule has 0 saturated carbocycles. The zero-order chi connectivity index (χ0) is 18.6. The van der Waals surface area contributed by atoms with Crippen LogP contribution in [0.15, 0.2) is 35.2 Å². The van der Waals surface area contributed by atoms with Gasteiger partial charge in [-0.3, -0.25) is 4.79 Å². The van der Waals surface area contributed by atoms with E-state index in [0.717, 1.165) is 42.3 Å². The molecule has 0 aromatic carbocycles. The standard InChI is InChI=1S/C18H16N6OS2/c19-9-12-1-2-15(20-10-12)24-6-3-13(4-7-24)16(25)21-18-23-22-17(27-18)14-5-8-26-11-14/h1-2,5,8,10-11,13H,3-4,6-7H2,(H,21,23,25). The molecule has 1 fully saturated rings. The highest BCUT2D eigenvalue weighted by atomic mass is 32.1. The molecule has 4 heterocycles. The zero-order valence-corrected chi connectivity index (χ0v) is 16.0. The highest BCUT2D eigenvalue weighted by Crippen LogP contribution is 2.29. The molecule has 1 N–H and O–H groups in total. The highest BCUT2D eigenvalue weighted by molar-refractivity contribution is 7.19. The summed E-state index contributed by atoms with van der Waals surface area (Å²) in [4.78, 5) is 19.0. The van der Waals surface area contributed by atoms with Gasteiger partial charge in [0.25, 0.3) is 0 Å². The summed E-state index contributed by atoms with van der Waals surface area (Å²) in [6, 6.07) is 7.68. The smallest absolute Gasteiger partial charge is 0.229 e. The average molecular weight is 397 g/mol. The molecule has 3 aromatic rings. The molecule has 0 radical (unpaired) electrons. The maximum Gasteiger partial charge on any atom is 0.229 e. The number of nitrogens with one attached hydrogen (secondary N) is 1. The van der Waals surface area contributed by atoms with Crippen LogP contribution in [-0.4, -0.2) is 34.2 Å². The van der Waals surface area contributed by atoms with E-state index in [4.69, 9.17) is 5.26 Å². The molecule has 0 spiro atoms. The van der Waals surface area contributed by atoms with Gasteiger partial charge in [-0.1, -0.05) is 11.3 Å². The monoisotopic (exact) mass is 396 g/mol. The molecule has 1 aliphatic heterocycles. The number of pyridine rings is 1. The Balaban J connectivity index is 1.32. The van der Waals surface area contributed by atoms with Gasteiger partial charge in [0.1, 0.15) is 16.9 Å². The second-order valence-electron chi connectivity index (χ2n) is 6.19. The van der Waals surface area contributed by atoms with Crippen molar-refractivity contribution in [1.29, 1.82) is 5.26 Å². The molecule has 1 aliphatic rings. The highest BCUT2D eigenvalue weighted by Gasteiger charge is 2.26. The maximum absolute atomic E-state index is 12.5. The van der Waals surface area contributed by atoms with Crippen molar-refractivity contribution in [3.05, 3.63) is 40.7 Å². The molecule has 1 amide bonds. The Bertz CT molecular complexity index is 953. The number of amides is 1. The van der Waals surface area contributed by atoms with Crippen molar-refractivity contribution in [2.75, 3.05) is 23.3 Å². The van der Waals surface area contributed by atoms with Gasteiger partial charge in [-0.15, -0.1) is 10.2 Å². The molecule has 136 valence electrons. The normalized spacial score (nSPS) is 14.7. The fourth-order valence-corrected chi connectivity index (χ4v) is 4.45. The fourth-order valence-electron chi connectivity index (χ4n) is 2.99. The number of hydrogen-bond acceptors (Lipinski definition) is 8. The first-order valence-electron chi connectivity index (χ1n) is 8.51. The van der Waals surface area contributed by atoms with Crippen LogP contribution in [0.5, 0.6) is 0 Å². The van der Waals surface area contributed by atoms with E-state index in [1.54, 1.807) is 23.6 Å². The summed E-state index contributed by atoms with van der Waals surface area (Å²) in [6.45, 7) is 1.51. The third kappa shape index (κ3) is 3.97. The van der Waals surface area contributed by atoms with Crippen LogP contribution in [-0.2, 0) is 4.79 Å². The van der Waals surface area contributed by atoms with E-state index in [1.165, 1.54) is 11.3 Å². The molecule has 7 nitrogen and oxygen atoms in total. The molecular formula is C18H16N6OS2. The van der Waals surface area contributed by atoms with Crippen LogP contribution in [0.1, 0.15) is 18.4 Å². The third-order valence-corrected chi connectivity index (χ3v) is 6.06. The first-order valence-corrected chi connectivity index (χ1v) is 10.3. The van der Waals surface area contributed by atoms with Gasteiger partial charge in [0, 0.05) is 36.1 Å². The molecule has 0 unspecified atom stereocenters. The summed E-state index contributed by atoms with van der Waals surface area (Å²) in [5.74, 6) is 0.793. The second kappa shape index (κ2) is 7.82. The third-order valence-electron chi connectivity index (χ3n) is 4.49. The number of hydrogen-bond donors (Lipinski definition) is 1. The van der Waals surface area contributed by atoms with Crippen LogP contribution in [0.25, 0.3) is 10.6 Å². The van der Waals surface area contributed by atoms with Gasteiger partial charge in [-0.2, -0.15) is 16.6 Å². The molecule has 0 bridgehead atoms. The average Bonchev–Trinajstić information content (AvgIpc) is 3.40.